The maximum Gasteiger partial charge on any atom is 0.240 e. The molecule has 0 saturated carbocycles. The Kier molecular flexibility index (Phi) is 4.57. The predicted molar refractivity (Wildman–Crippen MR) is 75.2 cm³/mol. The Labute approximate surface area is 114 Å². The molecular formula is C13H21N3O2S. The first-order valence-electron chi connectivity index (χ1n) is 6.51. The largest absolute Gasteiger partial charge is 0.326 e. The molecule has 1 saturated heterocycles. The molecule has 1 heterocycles. The molecule has 0 radical (unpaired) electrons. The average Bonchev–Trinajstić information content (AvgIpc) is 2.38. The van der Waals surface area contributed by atoms with Crippen molar-refractivity contribution in [3.63, 3.8) is 0 Å². The molecule has 3 N–H and O–H groups in total. The summed E-state index contributed by atoms with van der Waals surface area (Å²) in [6.07, 6.45) is 1.92. The molecule has 1 aliphatic heterocycles. The van der Waals surface area contributed by atoms with E-state index in [1.54, 1.807) is 24.3 Å². The zero-order valence-corrected chi connectivity index (χ0v) is 12.0. The van der Waals surface area contributed by atoms with Gasteiger partial charge in [-0.15, -0.1) is 0 Å². The zero-order chi connectivity index (χ0) is 13.9. The van der Waals surface area contributed by atoms with Crippen LogP contribution in [0, 0.1) is 0 Å². The highest BCUT2D eigenvalue weighted by Gasteiger charge is 2.23. The van der Waals surface area contributed by atoms with Gasteiger partial charge in [0.1, 0.15) is 0 Å². The molecule has 1 atom stereocenters. The van der Waals surface area contributed by atoms with E-state index in [0.29, 0.717) is 11.4 Å². The van der Waals surface area contributed by atoms with Gasteiger partial charge in [-0.3, -0.25) is 0 Å². The Bertz CT molecular complexity index is 513. The molecule has 0 amide bonds. The third-order valence-corrected chi connectivity index (χ3v) is 4.95. The van der Waals surface area contributed by atoms with E-state index >= 15 is 0 Å². The molecule has 2 rings (SSSR count). The number of hydrogen-bond acceptors (Lipinski definition) is 4. The summed E-state index contributed by atoms with van der Waals surface area (Å²) in [5.41, 5.74) is 6.43. The molecule has 0 aliphatic carbocycles. The third-order valence-electron chi connectivity index (χ3n) is 3.42. The van der Waals surface area contributed by atoms with Crippen LogP contribution in [0.5, 0.6) is 0 Å². The minimum Gasteiger partial charge on any atom is -0.326 e. The summed E-state index contributed by atoms with van der Waals surface area (Å²) in [7, 11) is -1.42. The van der Waals surface area contributed by atoms with Crippen molar-refractivity contribution in [3.05, 3.63) is 29.8 Å². The van der Waals surface area contributed by atoms with Gasteiger partial charge in [0, 0.05) is 19.1 Å². The van der Waals surface area contributed by atoms with E-state index in [9.17, 15) is 8.42 Å². The molecular weight excluding hydrogens is 262 g/mol. The van der Waals surface area contributed by atoms with Gasteiger partial charge in [-0.25, -0.2) is 13.1 Å². The van der Waals surface area contributed by atoms with Crippen molar-refractivity contribution in [3.8, 4) is 0 Å². The van der Waals surface area contributed by atoms with Gasteiger partial charge in [-0.2, -0.15) is 0 Å². The zero-order valence-electron chi connectivity index (χ0n) is 11.2. The molecule has 0 spiro atoms. The lowest BCUT2D eigenvalue weighted by molar-refractivity contribution is 0.242. The van der Waals surface area contributed by atoms with Crippen LogP contribution < -0.4 is 10.5 Å². The van der Waals surface area contributed by atoms with E-state index in [0.717, 1.165) is 31.5 Å². The van der Waals surface area contributed by atoms with Crippen LogP contribution in [0.3, 0.4) is 0 Å². The number of likely N-dealkylation sites (tertiary alicyclic amines) is 1. The van der Waals surface area contributed by atoms with Crippen LogP contribution in [-0.4, -0.2) is 39.5 Å². The Morgan fingerprint density at radius 1 is 1.37 bits per heavy atom. The van der Waals surface area contributed by atoms with E-state index in [-0.39, 0.29) is 6.04 Å². The third kappa shape index (κ3) is 3.76. The Hall–Kier alpha value is -0.950. The second-order valence-corrected chi connectivity index (χ2v) is 6.78. The molecule has 1 aliphatic rings. The second-order valence-electron chi connectivity index (χ2n) is 5.07. The minimum atomic E-state index is -3.43. The highest BCUT2D eigenvalue weighted by molar-refractivity contribution is 7.89. The number of nitrogens with zero attached hydrogens (tertiary/aromatic N) is 1. The van der Waals surface area contributed by atoms with Gasteiger partial charge in [0.2, 0.25) is 10.0 Å². The SMILES string of the molecule is CN1CCCC(NS(=O)(=O)c2ccc(CN)cc2)C1. The van der Waals surface area contributed by atoms with E-state index < -0.39 is 10.0 Å². The summed E-state index contributed by atoms with van der Waals surface area (Å²) in [6, 6.07) is 6.72. The van der Waals surface area contributed by atoms with E-state index in [4.69, 9.17) is 5.73 Å². The van der Waals surface area contributed by atoms with E-state index in [1.807, 2.05) is 7.05 Å². The summed E-state index contributed by atoms with van der Waals surface area (Å²) in [5.74, 6) is 0. The van der Waals surface area contributed by atoms with Crippen molar-refractivity contribution in [2.24, 2.45) is 5.73 Å². The molecule has 1 aromatic rings. The van der Waals surface area contributed by atoms with Crippen LogP contribution in [0.2, 0.25) is 0 Å². The van der Waals surface area contributed by atoms with Gasteiger partial charge in [0.05, 0.1) is 4.90 Å². The van der Waals surface area contributed by atoms with Crippen molar-refractivity contribution >= 4 is 10.0 Å². The van der Waals surface area contributed by atoms with Gasteiger partial charge in [0.15, 0.2) is 0 Å². The van der Waals surface area contributed by atoms with Gasteiger partial charge >= 0.3 is 0 Å². The first kappa shape index (κ1) is 14.5. The lowest BCUT2D eigenvalue weighted by Gasteiger charge is -2.29. The van der Waals surface area contributed by atoms with Crippen LogP contribution in [0.25, 0.3) is 0 Å². The fourth-order valence-electron chi connectivity index (χ4n) is 2.35. The highest BCUT2D eigenvalue weighted by Crippen LogP contribution is 2.14. The summed E-state index contributed by atoms with van der Waals surface area (Å²) < 4.78 is 27.3. The standard InChI is InChI=1S/C13H21N3O2S/c1-16-8-2-3-12(10-16)15-19(17,18)13-6-4-11(9-14)5-7-13/h4-7,12,15H,2-3,8-10,14H2,1H3. The molecule has 0 aromatic heterocycles. The van der Waals surface area contributed by atoms with Crippen LogP contribution in [0.1, 0.15) is 18.4 Å². The van der Waals surface area contributed by atoms with Gasteiger partial charge in [0.25, 0.3) is 0 Å². The maximum atomic E-state index is 12.2. The molecule has 6 heteroatoms. The smallest absolute Gasteiger partial charge is 0.240 e. The summed E-state index contributed by atoms with van der Waals surface area (Å²) in [5, 5.41) is 0. The normalized spacial score (nSPS) is 21.5. The Morgan fingerprint density at radius 3 is 2.63 bits per heavy atom. The topological polar surface area (TPSA) is 75.4 Å². The van der Waals surface area contributed by atoms with Crippen molar-refractivity contribution in [2.75, 3.05) is 20.1 Å². The predicted octanol–water partition coefficient (Wildman–Crippen LogP) is 0.518. The van der Waals surface area contributed by atoms with Crippen LogP contribution in [0.4, 0.5) is 0 Å². The Balaban J connectivity index is 2.08. The van der Waals surface area contributed by atoms with Crippen molar-refractivity contribution in [1.29, 1.82) is 0 Å². The van der Waals surface area contributed by atoms with Crippen LogP contribution in [0.15, 0.2) is 29.2 Å². The molecule has 0 bridgehead atoms. The molecule has 1 aromatic carbocycles. The number of likely N-dealkylation sites (N-methyl/N-ethyl adjacent to an activating group) is 1. The van der Waals surface area contributed by atoms with Crippen molar-refractivity contribution in [2.45, 2.75) is 30.3 Å². The molecule has 1 fully saturated rings. The van der Waals surface area contributed by atoms with Crippen LogP contribution in [-0.2, 0) is 16.6 Å². The number of hydrogen-bond donors (Lipinski definition) is 2. The Morgan fingerprint density at radius 2 is 2.05 bits per heavy atom. The van der Waals surface area contributed by atoms with Gasteiger partial charge < -0.3 is 10.6 Å². The van der Waals surface area contributed by atoms with Gasteiger partial charge in [-0.05, 0) is 44.1 Å². The summed E-state index contributed by atoms with van der Waals surface area (Å²) >= 11 is 0. The van der Waals surface area contributed by atoms with E-state index in [2.05, 4.69) is 9.62 Å². The monoisotopic (exact) mass is 283 g/mol. The molecule has 5 nitrogen and oxygen atoms in total. The molecule has 1 unspecified atom stereocenters. The van der Waals surface area contributed by atoms with Crippen molar-refractivity contribution < 1.29 is 8.42 Å². The average molecular weight is 283 g/mol. The second kappa shape index (κ2) is 6.00. The first-order valence-corrected chi connectivity index (χ1v) is 7.99. The fourth-order valence-corrected chi connectivity index (χ4v) is 3.62. The van der Waals surface area contributed by atoms with Gasteiger partial charge in [-0.1, -0.05) is 12.1 Å². The van der Waals surface area contributed by atoms with E-state index in [1.165, 1.54) is 0 Å². The quantitative estimate of drug-likeness (QED) is 0.844. The number of rotatable bonds is 4. The number of sulfonamides is 1. The maximum absolute atomic E-state index is 12.2. The lowest BCUT2D eigenvalue weighted by atomic mass is 10.1. The molecule has 19 heavy (non-hydrogen) atoms. The summed E-state index contributed by atoms with van der Waals surface area (Å²) in [6.45, 7) is 2.21. The van der Waals surface area contributed by atoms with Crippen molar-refractivity contribution in [1.82, 2.24) is 9.62 Å². The number of nitrogens with two attached hydrogens (primary N) is 1. The number of benzene rings is 1. The highest BCUT2D eigenvalue weighted by atomic mass is 32.2. The summed E-state index contributed by atoms with van der Waals surface area (Å²) in [4.78, 5) is 2.45. The number of nitrogens with one attached hydrogen (secondary N) is 1. The fraction of sp³-hybridized carbons (Fsp3) is 0.538. The lowest BCUT2D eigenvalue weighted by Crippen LogP contribution is -2.46. The molecule has 106 valence electrons. The minimum absolute atomic E-state index is 0.00191. The number of piperidine rings is 1. The van der Waals surface area contributed by atoms with Crippen LogP contribution >= 0.6 is 0 Å². The first-order chi connectivity index (χ1) is 9.01.